The summed E-state index contributed by atoms with van der Waals surface area (Å²) in [6.45, 7) is 7.27. The Kier molecular flexibility index (Phi) is 8.68. The Morgan fingerprint density at radius 1 is 0.875 bits per heavy atom. The maximum absolute atomic E-state index is 12.7. The SMILES string of the molecule is COC(=O)[C@@H]1O[C@@H](Sc2ccccc2)[C@H](OC(C)=O)[C@@H](OC(=O)C(C)(C)C)[C@@H]1OC(C)=O. The summed E-state index contributed by atoms with van der Waals surface area (Å²) in [4.78, 5) is 49.7. The predicted octanol–water partition coefficient (Wildman–Crippen LogP) is 2.50. The number of methoxy groups -OCH3 is 1. The molecular weight excluding hydrogens is 440 g/mol. The fourth-order valence-electron chi connectivity index (χ4n) is 2.92. The van der Waals surface area contributed by atoms with E-state index in [2.05, 4.69) is 0 Å². The van der Waals surface area contributed by atoms with Crippen LogP contribution >= 0.6 is 11.8 Å². The summed E-state index contributed by atoms with van der Waals surface area (Å²) in [5, 5.41) is 0. The maximum atomic E-state index is 12.7. The van der Waals surface area contributed by atoms with E-state index in [1.54, 1.807) is 32.9 Å². The van der Waals surface area contributed by atoms with Crippen LogP contribution in [0.4, 0.5) is 0 Å². The Labute approximate surface area is 191 Å². The van der Waals surface area contributed by atoms with Crippen molar-refractivity contribution in [2.45, 2.75) is 69.4 Å². The molecule has 0 radical (unpaired) electrons. The number of carbonyl (C=O) groups excluding carboxylic acids is 4. The average Bonchev–Trinajstić information content (AvgIpc) is 2.70. The number of rotatable bonds is 6. The lowest BCUT2D eigenvalue weighted by Gasteiger charge is -2.43. The highest BCUT2D eigenvalue weighted by molar-refractivity contribution is 7.99. The number of benzene rings is 1. The van der Waals surface area contributed by atoms with Gasteiger partial charge in [-0.25, -0.2) is 4.79 Å². The van der Waals surface area contributed by atoms with Crippen LogP contribution < -0.4 is 0 Å². The molecule has 9 nitrogen and oxygen atoms in total. The second kappa shape index (κ2) is 10.8. The normalized spacial score (nSPS) is 25.4. The van der Waals surface area contributed by atoms with E-state index < -0.39 is 59.1 Å². The summed E-state index contributed by atoms with van der Waals surface area (Å²) in [6.07, 6.45) is -5.28. The molecule has 10 heteroatoms. The summed E-state index contributed by atoms with van der Waals surface area (Å²) in [5.74, 6) is -2.86. The van der Waals surface area contributed by atoms with Gasteiger partial charge in [0.05, 0.1) is 12.5 Å². The van der Waals surface area contributed by atoms with Crippen LogP contribution in [0, 0.1) is 5.41 Å². The smallest absolute Gasteiger partial charge is 0.339 e. The van der Waals surface area contributed by atoms with Crippen LogP contribution in [0.1, 0.15) is 34.6 Å². The van der Waals surface area contributed by atoms with Crippen molar-refractivity contribution in [3.63, 3.8) is 0 Å². The minimum absolute atomic E-state index is 0.634. The van der Waals surface area contributed by atoms with Crippen molar-refractivity contribution in [1.82, 2.24) is 0 Å². The molecule has 1 aliphatic heterocycles. The zero-order valence-electron chi connectivity index (χ0n) is 18.9. The largest absolute Gasteiger partial charge is 0.467 e. The molecule has 0 N–H and O–H groups in total. The Morgan fingerprint density at radius 2 is 1.44 bits per heavy atom. The molecule has 1 aromatic carbocycles. The van der Waals surface area contributed by atoms with Crippen molar-refractivity contribution in [2.75, 3.05) is 7.11 Å². The number of carbonyl (C=O) groups is 4. The lowest BCUT2D eigenvalue weighted by atomic mass is 9.95. The predicted molar refractivity (Wildman–Crippen MR) is 113 cm³/mol. The zero-order chi connectivity index (χ0) is 24.1. The van der Waals surface area contributed by atoms with Gasteiger partial charge in [0.15, 0.2) is 24.4 Å². The molecule has 1 aliphatic rings. The standard InChI is InChI=1S/C22H28O9S/c1-12(23)28-15-16(31-21(26)22(3,4)5)18(29-13(2)24)20(30-17(15)19(25)27-6)32-14-10-8-7-9-11-14/h7-11,15-18,20H,1-6H3/t15-,16-,17+,18+,20-/m0/s1. The van der Waals surface area contributed by atoms with E-state index in [9.17, 15) is 19.2 Å². The van der Waals surface area contributed by atoms with Gasteiger partial charge in [-0.3, -0.25) is 14.4 Å². The third-order valence-corrected chi connectivity index (χ3v) is 5.54. The van der Waals surface area contributed by atoms with Crippen LogP contribution in [0.2, 0.25) is 0 Å². The molecule has 2 rings (SSSR count). The third-order valence-electron chi connectivity index (χ3n) is 4.38. The average molecular weight is 469 g/mol. The minimum Gasteiger partial charge on any atom is -0.467 e. The van der Waals surface area contributed by atoms with E-state index in [-0.39, 0.29) is 0 Å². The Morgan fingerprint density at radius 3 is 1.94 bits per heavy atom. The van der Waals surface area contributed by atoms with E-state index in [4.69, 9.17) is 23.7 Å². The topological polar surface area (TPSA) is 114 Å². The molecule has 1 heterocycles. The summed E-state index contributed by atoms with van der Waals surface area (Å²) < 4.78 is 27.2. The number of esters is 4. The zero-order valence-corrected chi connectivity index (χ0v) is 19.7. The lowest BCUT2D eigenvalue weighted by Crippen LogP contribution is -2.63. The lowest BCUT2D eigenvalue weighted by molar-refractivity contribution is -0.238. The van der Waals surface area contributed by atoms with Gasteiger partial charge < -0.3 is 23.7 Å². The van der Waals surface area contributed by atoms with E-state index in [0.717, 1.165) is 18.9 Å². The van der Waals surface area contributed by atoms with Gasteiger partial charge in [0, 0.05) is 18.7 Å². The quantitative estimate of drug-likeness (QED) is 0.456. The van der Waals surface area contributed by atoms with Crippen LogP contribution in [0.25, 0.3) is 0 Å². The van der Waals surface area contributed by atoms with Gasteiger partial charge >= 0.3 is 23.9 Å². The third kappa shape index (κ3) is 6.70. The molecule has 0 amide bonds. The summed E-state index contributed by atoms with van der Waals surface area (Å²) in [7, 11) is 1.16. The second-order valence-corrected chi connectivity index (χ2v) is 9.32. The Hall–Kier alpha value is -2.59. The molecule has 0 unspecified atom stereocenters. The first-order chi connectivity index (χ1) is 14.9. The van der Waals surface area contributed by atoms with E-state index in [1.807, 2.05) is 18.2 Å². The first kappa shape index (κ1) is 25.7. The Bertz CT molecular complexity index is 834. The van der Waals surface area contributed by atoms with Gasteiger partial charge in [-0.15, -0.1) is 0 Å². The first-order valence-corrected chi connectivity index (χ1v) is 10.8. The van der Waals surface area contributed by atoms with Crippen molar-refractivity contribution >= 4 is 35.6 Å². The monoisotopic (exact) mass is 468 g/mol. The van der Waals surface area contributed by atoms with Crippen LogP contribution in [0.15, 0.2) is 35.2 Å². The van der Waals surface area contributed by atoms with Crippen LogP contribution in [-0.2, 0) is 42.9 Å². The van der Waals surface area contributed by atoms with E-state index in [1.165, 1.54) is 18.7 Å². The van der Waals surface area contributed by atoms with Crippen molar-refractivity contribution in [1.29, 1.82) is 0 Å². The van der Waals surface area contributed by atoms with Gasteiger partial charge in [-0.1, -0.05) is 30.0 Å². The fraction of sp³-hybridized carbons (Fsp3) is 0.545. The van der Waals surface area contributed by atoms with Gasteiger partial charge in [-0.2, -0.15) is 0 Å². The molecule has 32 heavy (non-hydrogen) atoms. The molecule has 0 bridgehead atoms. The van der Waals surface area contributed by atoms with Crippen LogP contribution in [0.3, 0.4) is 0 Å². The van der Waals surface area contributed by atoms with Crippen molar-refractivity contribution < 1.29 is 42.9 Å². The van der Waals surface area contributed by atoms with Gasteiger partial charge in [-0.05, 0) is 32.9 Å². The van der Waals surface area contributed by atoms with Crippen LogP contribution in [-0.4, -0.2) is 60.8 Å². The number of thioether (sulfide) groups is 1. The molecule has 5 atom stereocenters. The Balaban J connectivity index is 2.54. The molecule has 1 fully saturated rings. The number of hydrogen-bond donors (Lipinski definition) is 0. The molecule has 0 saturated carbocycles. The van der Waals surface area contributed by atoms with Gasteiger partial charge in [0.1, 0.15) is 5.44 Å². The fourth-order valence-corrected chi connectivity index (χ4v) is 4.02. The van der Waals surface area contributed by atoms with Crippen molar-refractivity contribution in [3.05, 3.63) is 30.3 Å². The molecule has 1 aromatic rings. The highest BCUT2D eigenvalue weighted by Gasteiger charge is 2.55. The highest BCUT2D eigenvalue weighted by Crippen LogP contribution is 2.38. The first-order valence-electron chi connectivity index (χ1n) is 9.94. The van der Waals surface area contributed by atoms with E-state index in [0.29, 0.717) is 0 Å². The second-order valence-electron chi connectivity index (χ2n) is 8.15. The van der Waals surface area contributed by atoms with Crippen LogP contribution in [0.5, 0.6) is 0 Å². The molecule has 0 spiro atoms. The maximum Gasteiger partial charge on any atom is 0.339 e. The molecule has 1 saturated heterocycles. The minimum atomic E-state index is -1.41. The van der Waals surface area contributed by atoms with Gasteiger partial charge in [0.2, 0.25) is 0 Å². The molecular formula is C22H28O9S. The molecule has 0 aromatic heterocycles. The van der Waals surface area contributed by atoms with Crippen molar-refractivity contribution in [2.24, 2.45) is 5.41 Å². The van der Waals surface area contributed by atoms with E-state index >= 15 is 0 Å². The van der Waals surface area contributed by atoms with Crippen molar-refractivity contribution in [3.8, 4) is 0 Å². The molecule has 0 aliphatic carbocycles. The number of ether oxygens (including phenoxy) is 5. The number of hydrogen-bond acceptors (Lipinski definition) is 10. The highest BCUT2D eigenvalue weighted by atomic mass is 32.2. The van der Waals surface area contributed by atoms with Gasteiger partial charge in [0.25, 0.3) is 0 Å². The molecule has 176 valence electrons. The summed E-state index contributed by atoms with van der Waals surface area (Å²) in [5.41, 5.74) is -1.88. The summed E-state index contributed by atoms with van der Waals surface area (Å²) >= 11 is 1.17. The summed E-state index contributed by atoms with van der Waals surface area (Å²) in [6, 6.07) is 9.06.